The van der Waals surface area contributed by atoms with Crippen molar-refractivity contribution < 1.29 is 42.1 Å². The molecule has 0 aromatic rings. The summed E-state index contributed by atoms with van der Waals surface area (Å²) in [4.78, 5) is 11.1. The molecule has 0 rings (SSSR count). The maximum Gasteiger partial charge on any atom is 0.465 e. The predicted molar refractivity (Wildman–Crippen MR) is 50.3 cm³/mol. The number of alkyl halides is 5. The zero-order chi connectivity index (χ0) is 15.0. The first-order valence-electron chi connectivity index (χ1n) is 4.58. The van der Waals surface area contributed by atoms with Gasteiger partial charge in [-0.2, -0.15) is 22.0 Å². The number of carboxylic acids is 1. The van der Waals surface area contributed by atoms with Gasteiger partial charge < -0.3 is 20.2 Å². The monoisotopic (exact) mass is 283 g/mol. The van der Waals surface area contributed by atoms with Crippen molar-refractivity contribution in [3.63, 3.8) is 0 Å². The first-order chi connectivity index (χ1) is 8.00. The molecule has 0 aromatic heterocycles. The number of carbonyl (C=O) groups is 1. The van der Waals surface area contributed by atoms with E-state index in [1.54, 1.807) is 0 Å². The van der Waals surface area contributed by atoms with Crippen LogP contribution in [0.2, 0.25) is 0 Å². The third-order valence-electron chi connectivity index (χ3n) is 1.59. The van der Waals surface area contributed by atoms with Gasteiger partial charge in [-0.3, -0.25) is 0 Å². The smallest absolute Gasteiger partial charge is 0.465 e. The molecule has 0 aromatic carbocycles. The van der Waals surface area contributed by atoms with Gasteiger partial charge in [-0.25, -0.2) is 4.79 Å². The van der Waals surface area contributed by atoms with Crippen LogP contribution in [-0.4, -0.2) is 71.6 Å². The summed E-state index contributed by atoms with van der Waals surface area (Å²) >= 11 is 0. The van der Waals surface area contributed by atoms with Crippen LogP contribution in [0.1, 0.15) is 0 Å². The van der Waals surface area contributed by atoms with Crippen molar-refractivity contribution in [3.8, 4) is 0 Å². The van der Waals surface area contributed by atoms with Gasteiger partial charge in [-0.1, -0.05) is 0 Å². The number of rotatable bonds is 5. The van der Waals surface area contributed by atoms with E-state index in [2.05, 4.69) is 0 Å². The normalized spacial score (nSPS) is 12.1. The second-order valence-electron chi connectivity index (χ2n) is 3.13. The zero-order valence-electron chi connectivity index (χ0n) is 9.42. The lowest BCUT2D eigenvalue weighted by atomic mass is 10.3. The van der Waals surface area contributed by atoms with E-state index in [1.165, 1.54) is 0 Å². The van der Waals surface area contributed by atoms with Crippen molar-refractivity contribution in [1.29, 1.82) is 0 Å². The van der Waals surface area contributed by atoms with Gasteiger partial charge in [0, 0.05) is 13.1 Å². The van der Waals surface area contributed by atoms with E-state index in [9.17, 15) is 26.7 Å². The number of likely N-dealkylation sites (N-methyl/N-ethyl adjacent to an activating group) is 1. The third kappa shape index (κ3) is 7.35. The number of halogens is 5. The fourth-order valence-electron chi connectivity index (χ4n) is 0.574. The Labute approximate surface area is 99.4 Å². The van der Waals surface area contributed by atoms with E-state index < -0.39 is 18.1 Å². The lowest BCUT2D eigenvalue weighted by Gasteiger charge is -2.13. The molecule has 0 radical (unpaired) electrons. The molecule has 0 aliphatic carbocycles. The van der Waals surface area contributed by atoms with E-state index in [0.717, 1.165) is 0 Å². The summed E-state index contributed by atoms with van der Waals surface area (Å²) in [7, 11) is 1.85. The Morgan fingerprint density at radius 1 is 1.06 bits per heavy atom. The number of hydrogen-bond acceptors (Lipinski definition) is 4. The Hall–Kier alpha value is -1.00. The van der Waals surface area contributed by atoms with Gasteiger partial charge in [-0.05, 0) is 7.05 Å². The van der Waals surface area contributed by atoms with Crippen LogP contribution in [0.15, 0.2) is 0 Å². The minimum Gasteiger partial charge on any atom is -0.477 e. The van der Waals surface area contributed by atoms with Crippen molar-refractivity contribution in [2.45, 2.75) is 12.1 Å². The summed E-state index contributed by atoms with van der Waals surface area (Å²) in [5.41, 5.74) is 0. The first kappa shape index (κ1) is 19.3. The van der Waals surface area contributed by atoms with Gasteiger partial charge in [0.2, 0.25) is 0 Å². The molecule has 0 amide bonds. The number of aliphatic carboxylic acids is 1. The molecule has 10 heteroatoms. The second kappa shape index (κ2) is 8.16. The Morgan fingerprint density at radius 2 is 1.39 bits per heavy atom. The van der Waals surface area contributed by atoms with Crippen LogP contribution in [0, 0.1) is 0 Å². The molecule has 0 saturated heterocycles. The molecule has 0 fully saturated rings. The molecule has 0 aliphatic rings. The highest BCUT2D eigenvalue weighted by atomic mass is 19.4. The van der Waals surface area contributed by atoms with E-state index >= 15 is 0 Å². The topological polar surface area (TPSA) is 81.0 Å². The Bertz CT molecular complexity index is 240. The minimum atomic E-state index is -6.02. The molecule has 0 saturated carbocycles. The lowest BCUT2D eigenvalue weighted by molar-refractivity contribution is -0.277. The highest BCUT2D eigenvalue weighted by Gasteiger charge is 2.64. The Balaban J connectivity index is 0. The van der Waals surface area contributed by atoms with Gasteiger partial charge in [-0.15, -0.1) is 0 Å². The number of carboxylic acid groups (broad SMARTS) is 1. The largest absolute Gasteiger partial charge is 0.477 e. The van der Waals surface area contributed by atoms with Gasteiger partial charge in [0.05, 0.1) is 13.2 Å². The van der Waals surface area contributed by atoms with Crippen molar-refractivity contribution in [3.05, 3.63) is 0 Å². The molecular weight excluding hydrogens is 269 g/mol. The summed E-state index contributed by atoms with van der Waals surface area (Å²) in [6.07, 6.45) is -6.02. The van der Waals surface area contributed by atoms with Crippen LogP contribution in [0.3, 0.4) is 0 Å². The molecule has 3 N–H and O–H groups in total. The number of nitrogens with zero attached hydrogens (tertiary/aromatic N) is 1. The maximum absolute atomic E-state index is 11.3. The molecule has 0 unspecified atom stereocenters. The summed E-state index contributed by atoms with van der Waals surface area (Å²) in [5, 5.41) is 24.0. The minimum absolute atomic E-state index is 0.163. The van der Waals surface area contributed by atoms with Gasteiger partial charge in [0.1, 0.15) is 0 Å². The fourth-order valence-corrected chi connectivity index (χ4v) is 0.574. The molecule has 0 atom stereocenters. The van der Waals surface area contributed by atoms with Crippen molar-refractivity contribution in [2.24, 2.45) is 0 Å². The van der Waals surface area contributed by atoms with Crippen molar-refractivity contribution in [2.75, 3.05) is 33.4 Å². The molecule has 18 heavy (non-hydrogen) atoms. The maximum atomic E-state index is 11.3. The quantitative estimate of drug-likeness (QED) is 0.627. The van der Waals surface area contributed by atoms with Crippen LogP contribution < -0.4 is 0 Å². The van der Waals surface area contributed by atoms with Crippen molar-refractivity contribution >= 4 is 5.97 Å². The number of hydrogen-bond donors (Lipinski definition) is 3. The molecule has 5 nitrogen and oxygen atoms in total. The highest BCUT2D eigenvalue weighted by Crippen LogP contribution is 2.35. The fraction of sp³-hybridized carbons (Fsp3) is 0.875. The van der Waals surface area contributed by atoms with E-state index in [0.29, 0.717) is 13.1 Å². The standard InChI is InChI=1S/C5H13NO2.C3HF5O2/c1-6(2-4-7)3-5-8;4-2(5,1(9)10)3(6,7)8/h7-8H,2-5H2,1H3;(H,9,10). The number of aliphatic hydroxyl groups excluding tert-OH is 2. The average Bonchev–Trinajstić information content (AvgIpc) is 2.17. The Morgan fingerprint density at radius 3 is 1.50 bits per heavy atom. The average molecular weight is 283 g/mol. The van der Waals surface area contributed by atoms with Crippen LogP contribution in [-0.2, 0) is 4.79 Å². The molecule has 0 bridgehead atoms. The molecule has 0 aliphatic heterocycles. The summed E-state index contributed by atoms with van der Waals surface area (Å²) in [5.74, 6) is -8.84. The molecular formula is C8H14F5NO4. The Kier molecular flexibility index (Phi) is 8.77. The van der Waals surface area contributed by atoms with Crippen LogP contribution in [0.25, 0.3) is 0 Å². The number of aliphatic hydroxyl groups is 2. The molecule has 0 spiro atoms. The van der Waals surface area contributed by atoms with E-state index in [1.807, 2.05) is 11.9 Å². The molecule has 110 valence electrons. The first-order valence-corrected chi connectivity index (χ1v) is 4.58. The summed E-state index contributed by atoms with van der Waals surface area (Å²) in [6, 6.07) is 0. The lowest BCUT2D eigenvalue weighted by Crippen LogP contribution is -2.43. The van der Waals surface area contributed by atoms with Crippen LogP contribution in [0.4, 0.5) is 22.0 Å². The van der Waals surface area contributed by atoms with E-state index in [-0.39, 0.29) is 13.2 Å². The summed E-state index contributed by atoms with van der Waals surface area (Å²) < 4.78 is 55.5. The van der Waals surface area contributed by atoms with Crippen LogP contribution in [0.5, 0.6) is 0 Å². The van der Waals surface area contributed by atoms with Gasteiger partial charge in [0.25, 0.3) is 0 Å². The SMILES string of the molecule is CN(CCO)CCO.O=C(O)C(F)(F)C(F)(F)F. The molecule has 0 heterocycles. The van der Waals surface area contributed by atoms with Crippen molar-refractivity contribution in [1.82, 2.24) is 4.90 Å². The van der Waals surface area contributed by atoms with Gasteiger partial charge >= 0.3 is 18.1 Å². The second-order valence-corrected chi connectivity index (χ2v) is 3.13. The van der Waals surface area contributed by atoms with Crippen LogP contribution >= 0.6 is 0 Å². The highest BCUT2D eigenvalue weighted by molar-refractivity contribution is 5.76. The van der Waals surface area contributed by atoms with Gasteiger partial charge in [0.15, 0.2) is 0 Å². The van der Waals surface area contributed by atoms with E-state index in [4.69, 9.17) is 15.3 Å². The summed E-state index contributed by atoms with van der Waals surface area (Å²) in [6.45, 7) is 1.61. The zero-order valence-corrected chi connectivity index (χ0v) is 9.42. The predicted octanol–water partition coefficient (Wildman–Crippen LogP) is 0.171. The third-order valence-corrected chi connectivity index (χ3v) is 1.59.